The van der Waals surface area contributed by atoms with E-state index in [0.29, 0.717) is 18.4 Å². The van der Waals surface area contributed by atoms with Crippen LogP contribution in [-0.4, -0.2) is 34.5 Å². The van der Waals surface area contributed by atoms with Crippen LogP contribution in [0.25, 0.3) is 0 Å². The Kier molecular flexibility index (Phi) is 4.61. The first kappa shape index (κ1) is 16.1. The largest absolute Gasteiger partial charge is 0.472 e. The van der Waals surface area contributed by atoms with Crippen molar-refractivity contribution in [3.8, 4) is 11.8 Å². The highest BCUT2D eigenvalue weighted by Crippen LogP contribution is 2.48. The Hall–Kier alpha value is -1.37. The third kappa shape index (κ3) is 3.50. The van der Waals surface area contributed by atoms with Gasteiger partial charge in [-0.25, -0.2) is 0 Å². The lowest BCUT2D eigenvalue weighted by atomic mass is 9.97. The summed E-state index contributed by atoms with van der Waals surface area (Å²) in [6.07, 6.45) is 4.55. The normalized spacial score (nSPS) is 22.1. The zero-order valence-corrected chi connectivity index (χ0v) is 14.9. The lowest BCUT2D eigenvalue weighted by Gasteiger charge is -2.23. The first-order chi connectivity index (χ1) is 11.8. The molecule has 0 radical (unpaired) electrons. The number of hydrogen-bond acceptors (Lipinski definition) is 6. The molecule has 1 aliphatic carbocycles. The summed E-state index contributed by atoms with van der Waals surface area (Å²) < 4.78 is 20.5. The molecule has 5 nitrogen and oxygen atoms in total. The van der Waals surface area contributed by atoms with Gasteiger partial charge in [-0.2, -0.15) is 0 Å². The summed E-state index contributed by atoms with van der Waals surface area (Å²) in [5, 5.41) is 4.10. The van der Waals surface area contributed by atoms with Gasteiger partial charge in [-0.05, 0) is 49.9 Å². The Morgan fingerprint density at radius 3 is 2.71 bits per heavy atom. The summed E-state index contributed by atoms with van der Waals surface area (Å²) in [5.41, 5.74) is 1.35. The molecule has 1 aliphatic heterocycles. The molecule has 0 unspecified atom stereocenters. The number of nitrogens with zero attached hydrogens (tertiary/aromatic N) is 2. The molecular formula is C17H20ClN3O2S. The lowest BCUT2D eigenvalue weighted by molar-refractivity contribution is 0.150. The zero-order valence-electron chi connectivity index (χ0n) is 13.3. The highest BCUT2D eigenvalue weighted by atomic mass is 35.5. The minimum absolute atomic E-state index is 0.0812. The van der Waals surface area contributed by atoms with Crippen LogP contribution in [0.3, 0.4) is 0 Å². The zero-order chi connectivity index (χ0) is 16.4. The number of nitrogens with one attached hydrogen (secondary N) is 1. The minimum atomic E-state index is 0.0812. The third-order valence-corrected chi connectivity index (χ3v) is 5.50. The monoisotopic (exact) mass is 365 g/mol. The van der Waals surface area contributed by atoms with Crippen LogP contribution in [0.15, 0.2) is 24.3 Å². The second-order valence-electron chi connectivity index (χ2n) is 6.54. The van der Waals surface area contributed by atoms with Crippen LogP contribution < -0.4 is 14.8 Å². The Morgan fingerprint density at radius 1 is 1.21 bits per heavy atom. The SMILES string of the molecule is Clc1ccc(C2(COc3nsnc3O[C@@H]3CCCNC3)CC2)cc1. The standard InChI is InChI=1S/C17H20ClN3O2S/c18-13-5-3-12(4-6-13)17(7-8-17)11-22-15-16(21-24-20-15)23-14-2-1-9-19-10-14/h3-6,14,19H,1-2,7-11H2/t14-/m1/s1. The van der Waals surface area contributed by atoms with Gasteiger partial charge in [0.25, 0.3) is 11.8 Å². The van der Waals surface area contributed by atoms with Crippen molar-refractivity contribution in [1.29, 1.82) is 0 Å². The van der Waals surface area contributed by atoms with Gasteiger partial charge in [-0.15, -0.1) is 8.75 Å². The molecule has 0 bridgehead atoms. The van der Waals surface area contributed by atoms with E-state index in [2.05, 4.69) is 26.2 Å². The summed E-state index contributed by atoms with van der Waals surface area (Å²) in [6.45, 7) is 2.51. The van der Waals surface area contributed by atoms with Crippen molar-refractivity contribution >= 4 is 23.3 Å². The van der Waals surface area contributed by atoms with E-state index in [1.54, 1.807) is 0 Å². The molecule has 1 aromatic heterocycles. The molecule has 2 heterocycles. The van der Waals surface area contributed by atoms with E-state index in [1.807, 2.05) is 12.1 Å². The van der Waals surface area contributed by atoms with Gasteiger partial charge in [0, 0.05) is 17.0 Å². The van der Waals surface area contributed by atoms with Gasteiger partial charge >= 0.3 is 0 Å². The molecule has 2 aromatic rings. The molecular weight excluding hydrogens is 346 g/mol. The summed E-state index contributed by atoms with van der Waals surface area (Å²) in [6, 6.07) is 8.05. The number of ether oxygens (including phenoxy) is 2. The van der Waals surface area contributed by atoms with Crippen molar-refractivity contribution in [3.05, 3.63) is 34.9 Å². The lowest BCUT2D eigenvalue weighted by Crippen LogP contribution is -2.37. The molecule has 24 heavy (non-hydrogen) atoms. The molecule has 1 aromatic carbocycles. The topological polar surface area (TPSA) is 56.3 Å². The minimum Gasteiger partial charge on any atom is -0.472 e. The first-order valence-corrected chi connectivity index (χ1v) is 9.45. The molecule has 7 heteroatoms. The number of hydrogen-bond donors (Lipinski definition) is 1. The summed E-state index contributed by atoms with van der Waals surface area (Å²) >= 11 is 7.12. The smallest absolute Gasteiger partial charge is 0.291 e. The fourth-order valence-corrected chi connectivity index (χ4v) is 3.66. The average Bonchev–Trinajstić information content (AvgIpc) is 3.28. The molecule has 0 spiro atoms. The summed E-state index contributed by atoms with van der Waals surface area (Å²) in [7, 11) is 0. The van der Waals surface area contributed by atoms with Gasteiger partial charge in [-0.3, -0.25) is 0 Å². The van der Waals surface area contributed by atoms with Crippen molar-refractivity contribution in [2.75, 3.05) is 19.7 Å². The maximum atomic E-state index is 5.99. The fraction of sp³-hybridized carbons (Fsp3) is 0.529. The van der Waals surface area contributed by atoms with E-state index >= 15 is 0 Å². The van der Waals surface area contributed by atoms with Crippen molar-refractivity contribution in [3.63, 3.8) is 0 Å². The molecule has 1 saturated heterocycles. The van der Waals surface area contributed by atoms with Crippen LogP contribution in [0.1, 0.15) is 31.2 Å². The highest BCUT2D eigenvalue weighted by Gasteiger charge is 2.45. The number of aromatic nitrogens is 2. The van der Waals surface area contributed by atoms with E-state index in [1.165, 1.54) is 5.56 Å². The van der Waals surface area contributed by atoms with Crippen molar-refractivity contribution in [2.24, 2.45) is 0 Å². The number of halogens is 1. The maximum Gasteiger partial charge on any atom is 0.291 e. The molecule has 0 amide bonds. The summed E-state index contributed by atoms with van der Waals surface area (Å²) in [4.78, 5) is 0. The molecule has 1 N–H and O–H groups in total. The van der Waals surface area contributed by atoms with E-state index in [4.69, 9.17) is 21.1 Å². The Balaban J connectivity index is 1.39. The second-order valence-corrected chi connectivity index (χ2v) is 7.50. The van der Waals surface area contributed by atoms with Crippen LogP contribution in [0.2, 0.25) is 5.02 Å². The van der Waals surface area contributed by atoms with Crippen LogP contribution in [0.5, 0.6) is 11.8 Å². The summed E-state index contributed by atoms with van der Waals surface area (Å²) in [5.74, 6) is 1.05. The number of rotatable bonds is 6. The quantitative estimate of drug-likeness (QED) is 0.849. The molecule has 1 atom stereocenters. The van der Waals surface area contributed by atoms with Crippen LogP contribution in [0, 0.1) is 0 Å². The van der Waals surface area contributed by atoms with Crippen LogP contribution in [-0.2, 0) is 5.41 Å². The molecule has 4 rings (SSSR count). The van der Waals surface area contributed by atoms with Gasteiger partial charge < -0.3 is 14.8 Å². The van der Waals surface area contributed by atoms with Gasteiger partial charge in [-0.1, -0.05) is 23.7 Å². The Bertz CT molecular complexity index is 681. The fourth-order valence-electron chi connectivity index (χ4n) is 3.09. The molecule has 128 valence electrons. The highest BCUT2D eigenvalue weighted by molar-refractivity contribution is 6.99. The first-order valence-electron chi connectivity index (χ1n) is 8.34. The van der Waals surface area contributed by atoms with E-state index < -0.39 is 0 Å². The predicted octanol–water partition coefficient (Wildman–Crippen LogP) is 3.43. The Labute approximate surface area is 150 Å². The van der Waals surface area contributed by atoms with Gasteiger partial charge in [0.05, 0.1) is 18.3 Å². The van der Waals surface area contributed by atoms with Crippen LogP contribution in [0.4, 0.5) is 0 Å². The maximum absolute atomic E-state index is 5.99. The van der Waals surface area contributed by atoms with Gasteiger partial charge in [0.15, 0.2) is 0 Å². The van der Waals surface area contributed by atoms with Crippen molar-refractivity contribution in [1.82, 2.24) is 14.1 Å². The number of benzene rings is 1. The van der Waals surface area contributed by atoms with Crippen molar-refractivity contribution in [2.45, 2.75) is 37.2 Å². The molecule has 2 aliphatic rings. The predicted molar refractivity (Wildman–Crippen MR) is 94.3 cm³/mol. The van der Waals surface area contributed by atoms with Gasteiger partial charge in [0.2, 0.25) is 0 Å². The van der Waals surface area contributed by atoms with Crippen LogP contribution >= 0.6 is 23.3 Å². The average molecular weight is 366 g/mol. The van der Waals surface area contributed by atoms with E-state index in [-0.39, 0.29) is 11.5 Å². The number of piperidine rings is 1. The van der Waals surface area contributed by atoms with Gasteiger partial charge in [0.1, 0.15) is 6.10 Å². The molecule has 1 saturated carbocycles. The van der Waals surface area contributed by atoms with Crippen molar-refractivity contribution < 1.29 is 9.47 Å². The van der Waals surface area contributed by atoms with E-state index in [9.17, 15) is 0 Å². The van der Waals surface area contributed by atoms with E-state index in [0.717, 1.165) is 55.5 Å². The third-order valence-electron chi connectivity index (χ3n) is 4.76. The molecule has 2 fully saturated rings. The second kappa shape index (κ2) is 6.86. The Morgan fingerprint density at radius 2 is 2.00 bits per heavy atom.